The molecular weight excluding hydrogens is 418 g/mol. The fourth-order valence-electron chi connectivity index (χ4n) is 3.30. The molecule has 2 aromatic heterocycles. The summed E-state index contributed by atoms with van der Waals surface area (Å²) < 4.78 is 41.6. The van der Waals surface area contributed by atoms with Crippen LogP contribution >= 0.6 is 0 Å². The summed E-state index contributed by atoms with van der Waals surface area (Å²) in [4.78, 5) is 13.5. The monoisotopic (exact) mass is 436 g/mol. The van der Waals surface area contributed by atoms with Crippen LogP contribution in [0, 0.1) is 0 Å². The molecule has 0 unspecified atom stereocenters. The standard InChI is InChI=1S/C23H18F2N4O3/c1-2-10-30-16-6-7-18-17(12-16)22(29-21(28-18)14-4-3-9-26-13-14)27-15-5-8-19-20(11-15)32-23(24,25)31-19/h3-9,11-13H,2,10H2,1H3,(H,27,28,29). The first kappa shape index (κ1) is 19.9. The lowest BCUT2D eigenvalue weighted by molar-refractivity contribution is -0.286. The molecular formula is C23H18F2N4O3. The number of rotatable bonds is 6. The number of ether oxygens (including phenoxy) is 3. The van der Waals surface area contributed by atoms with Crippen LogP contribution in [0.4, 0.5) is 20.3 Å². The Bertz CT molecular complexity index is 1290. The van der Waals surface area contributed by atoms with E-state index in [0.29, 0.717) is 40.6 Å². The number of halogens is 2. The molecule has 0 radical (unpaired) electrons. The summed E-state index contributed by atoms with van der Waals surface area (Å²) in [7, 11) is 0. The lowest BCUT2D eigenvalue weighted by Gasteiger charge is -2.13. The van der Waals surface area contributed by atoms with Crippen LogP contribution in [0.5, 0.6) is 17.2 Å². The highest BCUT2D eigenvalue weighted by molar-refractivity contribution is 5.93. The molecule has 3 heterocycles. The Morgan fingerprint density at radius 1 is 1.03 bits per heavy atom. The van der Waals surface area contributed by atoms with Gasteiger partial charge in [-0.05, 0) is 48.9 Å². The van der Waals surface area contributed by atoms with Crippen LogP contribution < -0.4 is 19.5 Å². The van der Waals surface area contributed by atoms with Crippen LogP contribution in [0.2, 0.25) is 0 Å². The normalized spacial score (nSPS) is 13.8. The molecule has 0 amide bonds. The van der Waals surface area contributed by atoms with Gasteiger partial charge in [0, 0.05) is 35.1 Å². The molecule has 0 saturated carbocycles. The van der Waals surface area contributed by atoms with Gasteiger partial charge in [-0.1, -0.05) is 6.92 Å². The van der Waals surface area contributed by atoms with Gasteiger partial charge < -0.3 is 19.5 Å². The molecule has 0 aliphatic carbocycles. The van der Waals surface area contributed by atoms with Gasteiger partial charge in [-0.15, -0.1) is 8.78 Å². The van der Waals surface area contributed by atoms with Crippen LogP contribution in [-0.2, 0) is 0 Å². The molecule has 2 aromatic carbocycles. The van der Waals surface area contributed by atoms with Gasteiger partial charge in [0.2, 0.25) is 0 Å². The maximum absolute atomic E-state index is 13.4. The largest absolute Gasteiger partial charge is 0.586 e. The average Bonchev–Trinajstić information content (AvgIpc) is 3.11. The molecule has 1 N–H and O–H groups in total. The molecule has 32 heavy (non-hydrogen) atoms. The topological polar surface area (TPSA) is 78.4 Å². The van der Waals surface area contributed by atoms with E-state index in [-0.39, 0.29) is 11.5 Å². The zero-order chi connectivity index (χ0) is 22.1. The van der Waals surface area contributed by atoms with Crippen molar-refractivity contribution < 1.29 is 23.0 Å². The Morgan fingerprint density at radius 2 is 1.91 bits per heavy atom. The Hall–Kier alpha value is -4.01. The maximum atomic E-state index is 13.4. The lowest BCUT2D eigenvalue weighted by Crippen LogP contribution is -2.25. The van der Waals surface area contributed by atoms with Crippen molar-refractivity contribution in [3.8, 4) is 28.6 Å². The fourth-order valence-corrected chi connectivity index (χ4v) is 3.30. The molecule has 0 fully saturated rings. The minimum Gasteiger partial charge on any atom is -0.494 e. The van der Waals surface area contributed by atoms with Crippen molar-refractivity contribution in [3.05, 3.63) is 60.9 Å². The zero-order valence-corrected chi connectivity index (χ0v) is 17.0. The number of nitrogens with one attached hydrogen (secondary N) is 1. The molecule has 7 nitrogen and oxygen atoms in total. The molecule has 0 spiro atoms. The Balaban J connectivity index is 1.58. The van der Waals surface area contributed by atoms with Crippen LogP contribution in [-0.4, -0.2) is 27.9 Å². The number of fused-ring (bicyclic) bond motifs is 2. The minimum atomic E-state index is -3.68. The third kappa shape index (κ3) is 3.96. The highest BCUT2D eigenvalue weighted by Gasteiger charge is 2.43. The van der Waals surface area contributed by atoms with Gasteiger partial charge in [0.15, 0.2) is 17.3 Å². The van der Waals surface area contributed by atoms with E-state index in [1.165, 1.54) is 12.1 Å². The van der Waals surface area contributed by atoms with Gasteiger partial charge in [-0.25, -0.2) is 9.97 Å². The van der Waals surface area contributed by atoms with Crippen LogP contribution in [0.25, 0.3) is 22.3 Å². The average molecular weight is 436 g/mol. The number of anilines is 2. The number of pyridine rings is 1. The van der Waals surface area contributed by atoms with E-state index in [1.54, 1.807) is 24.5 Å². The summed E-state index contributed by atoms with van der Waals surface area (Å²) in [5.74, 6) is 1.56. The van der Waals surface area contributed by atoms with Gasteiger partial charge in [0.1, 0.15) is 11.6 Å². The lowest BCUT2D eigenvalue weighted by atomic mass is 10.2. The molecule has 0 bridgehead atoms. The SMILES string of the molecule is CCCOc1ccc2nc(-c3cccnc3)nc(Nc3ccc4c(c3)OC(F)(F)O4)c2c1. The first-order chi connectivity index (χ1) is 15.5. The number of aromatic nitrogens is 3. The summed E-state index contributed by atoms with van der Waals surface area (Å²) in [5, 5.41) is 3.91. The smallest absolute Gasteiger partial charge is 0.494 e. The molecule has 0 saturated heterocycles. The van der Waals surface area contributed by atoms with Gasteiger partial charge in [-0.3, -0.25) is 4.98 Å². The maximum Gasteiger partial charge on any atom is 0.586 e. The van der Waals surface area contributed by atoms with E-state index in [9.17, 15) is 8.78 Å². The van der Waals surface area contributed by atoms with E-state index in [4.69, 9.17) is 4.74 Å². The predicted molar refractivity (Wildman–Crippen MR) is 114 cm³/mol. The fraction of sp³-hybridized carbons (Fsp3) is 0.174. The van der Waals surface area contributed by atoms with Crippen molar-refractivity contribution in [2.75, 3.05) is 11.9 Å². The van der Waals surface area contributed by atoms with Crippen LogP contribution in [0.15, 0.2) is 60.9 Å². The second-order valence-corrected chi connectivity index (χ2v) is 7.12. The van der Waals surface area contributed by atoms with E-state index >= 15 is 0 Å². The van der Waals surface area contributed by atoms with E-state index in [0.717, 1.165) is 12.0 Å². The first-order valence-electron chi connectivity index (χ1n) is 10.0. The zero-order valence-electron chi connectivity index (χ0n) is 17.0. The molecule has 1 aliphatic heterocycles. The number of benzene rings is 2. The van der Waals surface area contributed by atoms with Crippen molar-refractivity contribution in [1.82, 2.24) is 15.0 Å². The van der Waals surface area contributed by atoms with Crippen molar-refractivity contribution in [1.29, 1.82) is 0 Å². The van der Waals surface area contributed by atoms with Crippen molar-refractivity contribution >= 4 is 22.4 Å². The molecule has 5 rings (SSSR count). The third-order valence-electron chi connectivity index (χ3n) is 4.72. The van der Waals surface area contributed by atoms with Gasteiger partial charge in [-0.2, -0.15) is 0 Å². The Kier molecular flexibility index (Phi) is 4.93. The van der Waals surface area contributed by atoms with Crippen LogP contribution in [0.1, 0.15) is 13.3 Å². The number of nitrogens with zero attached hydrogens (tertiary/aromatic N) is 3. The molecule has 162 valence electrons. The number of alkyl halides is 2. The summed E-state index contributed by atoms with van der Waals surface area (Å²) in [6.45, 7) is 2.61. The number of hydrogen-bond acceptors (Lipinski definition) is 7. The Morgan fingerprint density at radius 3 is 2.72 bits per heavy atom. The van der Waals surface area contributed by atoms with Crippen molar-refractivity contribution in [2.45, 2.75) is 19.6 Å². The van der Waals surface area contributed by atoms with Crippen molar-refractivity contribution in [3.63, 3.8) is 0 Å². The van der Waals surface area contributed by atoms with E-state index in [1.807, 2.05) is 31.2 Å². The Labute approximate surface area is 182 Å². The first-order valence-corrected chi connectivity index (χ1v) is 10.0. The van der Waals surface area contributed by atoms with E-state index in [2.05, 4.69) is 29.7 Å². The van der Waals surface area contributed by atoms with Crippen molar-refractivity contribution in [2.24, 2.45) is 0 Å². The second-order valence-electron chi connectivity index (χ2n) is 7.12. The van der Waals surface area contributed by atoms with E-state index < -0.39 is 6.29 Å². The summed E-state index contributed by atoms with van der Waals surface area (Å²) in [6.07, 6.45) is 0.540. The second kappa shape index (κ2) is 7.92. The van der Waals surface area contributed by atoms with Crippen LogP contribution in [0.3, 0.4) is 0 Å². The highest BCUT2D eigenvalue weighted by atomic mass is 19.3. The quantitative estimate of drug-likeness (QED) is 0.425. The highest BCUT2D eigenvalue weighted by Crippen LogP contribution is 2.43. The third-order valence-corrected chi connectivity index (χ3v) is 4.72. The molecule has 9 heteroatoms. The molecule has 4 aromatic rings. The summed E-state index contributed by atoms with van der Waals surface area (Å²) in [6, 6.07) is 13.7. The molecule has 0 atom stereocenters. The number of hydrogen-bond donors (Lipinski definition) is 1. The summed E-state index contributed by atoms with van der Waals surface area (Å²) >= 11 is 0. The predicted octanol–water partition coefficient (Wildman–Crippen LogP) is 5.55. The summed E-state index contributed by atoms with van der Waals surface area (Å²) in [5.41, 5.74) is 1.94. The van der Waals surface area contributed by atoms with Gasteiger partial charge >= 0.3 is 6.29 Å². The molecule has 1 aliphatic rings. The van der Waals surface area contributed by atoms with Gasteiger partial charge in [0.05, 0.1) is 12.1 Å². The minimum absolute atomic E-state index is 0.0283. The van der Waals surface area contributed by atoms with Gasteiger partial charge in [0.25, 0.3) is 0 Å².